The van der Waals surface area contributed by atoms with Crippen molar-refractivity contribution in [1.29, 1.82) is 0 Å². The summed E-state index contributed by atoms with van der Waals surface area (Å²) in [5.74, 6) is 0.871. The van der Waals surface area contributed by atoms with E-state index in [4.69, 9.17) is 5.73 Å². The fourth-order valence-electron chi connectivity index (χ4n) is 2.19. The van der Waals surface area contributed by atoms with Crippen LogP contribution in [-0.4, -0.2) is 29.9 Å². The minimum atomic E-state index is 0.0289. The second-order valence-corrected chi connectivity index (χ2v) is 6.06. The molecule has 1 heterocycles. The topological polar surface area (TPSA) is 46.3 Å². The van der Waals surface area contributed by atoms with Crippen molar-refractivity contribution in [2.24, 2.45) is 17.1 Å². The maximum atomic E-state index is 11.9. The Morgan fingerprint density at radius 2 is 2.12 bits per heavy atom. The number of hydrogen-bond donors (Lipinski definition) is 1. The molecule has 0 bridgehead atoms. The van der Waals surface area contributed by atoms with E-state index in [9.17, 15) is 4.79 Å². The van der Waals surface area contributed by atoms with Crippen LogP contribution in [-0.2, 0) is 4.79 Å². The second-order valence-electron chi connectivity index (χ2n) is 6.06. The number of carbonyl (C=O) groups excluding carboxylic acids is 1. The fourth-order valence-corrected chi connectivity index (χ4v) is 2.19. The maximum Gasteiger partial charge on any atom is 0.224 e. The van der Waals surface area contributed by atoms with Crippen LogP contribution < -0.4 is 5.73 Å². The van der Waals surface area contributed by atoms with Crippen molar-refractivity contribution in [3.05, 3.63) is 0 Å². The molecule has 94 valence electrons. The number of likely N-dealkylation sites (tertiary alicyclic amines) is 1. The number of nitrogens with two attached hydrogens (primary N) is 1. The molecule has 0 aliphatic carbocycles. The molecule has 1 rings (SSSR count). The Morgan fingerprint density at radius 1 is 1.50 bits per heavy atom. The minimum absolute atomic E-state index is 0.0289. The van der Waals surface area contributed by atoms with Gasteiger partial charge in [-0.05, 0) is 24.2 Å². The third kappa shape index (κ3) is 3.48. The highest BCUT2D eigenvalue weighted by Crippen LogP contribution is 2.33. The molecule has 0 spiro atoms. The summed E-state index contributed by atoms with van der Waals surface area (Å²) in [5.41, 5.74) is 6.12. The van der Waals surface area contributed by atoms with Gasteiger partial charge in [0, 0.05) is 25.6 Å². The van der Waals surface area contributed by atoms with E-state index in [1.165, 1.54) is 0 Å². The molecule has 3 nitrogen and oxygen atoms in total. The van der Waals surface area contributed by atoms with Crippen LogP contribution >= 0.6 is 0 Å². The fraction of sp³-hybridized carbons (Fsp3) is 0.923. The molecule has 1 aliphatic heterocycles. The first-order valence-electron chi connectivity index (χ1n) is 6.38. The van der Waals surface area contributed by atoms with Crippen LogP contribution in [0.15, 0.2) is 0 Å². The molecule has 0 saturated carbocycles. The number of carbonyl (C=O) groups is 1. The molecule has 0 radical (unpaired) electrons. The molecule has 0 aromatic carbocycles. The lowest BCUT2D eigenvalue weighted by Crippen LogP contribution is -2.35. The van der Waals surface area contributed by atoms with Gasteiger partial charge < -0.3 is 10.6 Å². The van der Waals surface area contributed by atoms with Crippen LogP contribution in [0.2, 0.25) is 0 Å². The first-order chi connectivity index (χ1) is 7.34. The monoisotopic (exact) mass is 226 g/mol. The van der Waals surface area contributed by atoms with Crippen LogP contribution in [0.5, 0.6) is 0 Å². The van der Waals surface area contributed by atoms with Gasteiger partial charge in [-0.2, -0.15) is 0 Å². The average molecular weight is 226 g/mol. The zero-order valence-electron chi connectivity index (χ0n) is 11.1. The van der Waals surface area contributed by atoms with Crippen molar-refractivity contribution in [3.8, 4) is 0 Å². The Balaban J connectivity index is 2.44. The Bertz CT molecular complexity index is 245. The highest BCUT2D eigenvalue weighted by Gasteiger charge is 2.33. The Hall–Kier alpha value is -0.570. The molecule has 1 amide bonds. The van der Waals surface area contributed by atoms with Gasteiger partial charge in [-0.25, -0.2) is 0 Å². The summed E-state index contributed by atoms with van der Waals surface area (Å²) in [4.78, 5) is 13.9. The van der Waals surface area contributed by atoms with E-state index in [0.717, 1.165) is 25.9 Å². The second kappa shape index (κ2) is 5.17. The van der Waals surface area contributed by atoms with Crippen LogP contribution in [0.1, 0.15) is 47.0 Å². The van der Waals surface area contributed by atoms with Gasteiger partial charge in [0.15, 0.2) is 0 Å². The van der Waals surface area contributed by atoms with Crippen LogP contribution in [0.25, 0.3) is 0 Å². The average Bonchev–Trinajstić information content (AvgIpc) is 2.65. The highest BCUT2D eigenvalue weighted by molar-refractivity contribution is 5.77. The van der Waals surface area contributed by atoms with Crippen molar-refractivity contribution >= 4 is 5.91 Å². The van der Waals surface area contributed by atoms with Gasteiger partial charge >= 0.3 is 0 Å². The molecule has 2 atom stereocenters. The van der Waals surface area contributed by atoms with E-state index in [2.05, 4.69) is 20.8 Å². The number of hydrogen-bond acceptors (Lipinski definition) is 2. The summed E-state index contributed by atoms with van der Waals surface area (Å²) in [5, 5.41) is 0. The third-order valence-corrected chi connectivity index (χ3v) is 3.73. The quantitative estimate of drug-likeness (QED) is 0.800. The smallest absolute Gasteiger partial charge is 0.224 e. The Labute approximate surface area is 99.4 Å². The summed E-state index contributed by atoms with van der Waals surface area (Å²) in [6.07, 6.45) is 2.52. The van der Waals surface area contributed by atoms with Crippen LogP contribution in [0, 0.1) is 11.3 Å². The number of rotatable bonds is 3. The Morgan fingerprint density at radius 3 is 2.56 bits per heavy atom. The molecular formula is C13H26N2O. The van der Waals surface area contributed by atoms with Crippen LogP contribution in [0.3, 0.4) is 0 Å². The van der Waals surface area contributed by atoms with E-state index >= 15 is 0 Å². The minimum Gasteiger partial charge on any atom is -0.342 e. The van der Waals surface area contributed by atoms with Gasteiger partial charge in [-0.1, -0.05) is 27.7 Å². The maximum absolute atomic E-state index is 11.9. The molecule has 1 fully saturated rings. The largest absolute Gasteiger partial charge is 0.342 e. The van der Waals surface area contributed by atoms with E-state index in [1.54, 1.807) is 0 Å². The molecule has 2 unspecified atom stereocenters. The normalized spacial score (nSPS) is 23.6. The molecule has 2 N–H and O–H groups in total. The molecule has 0 aromatic heterocycles. The standard InChI is InChI=1S/C13H26N2O/c1-5-11(14)8-12(16)15-7-6-10(9-15)13(2,3)4/h10-11H,5-9,14H2,1-4H3. The molecule has 3 heteroatoms. The predicted molar refractivity (Wildman–Crippen MR) is 67.0 cm³/mol. The van der Waals surface area contributed by atoms with E-state index in [-0.39, 0.29) is 11.9 Å². The van der Waals surface area contributed by atoms with Gasteiger partial charge in [0.25, 0.3) is 0 Å². The van der Waals surface area contributed by atoms with Gasteiger partial charge in [-0.15, -0.1) is 0 Å². The summed E-state index contributed by atoms with van der Waals surface area (Å²) in [6, 6.07) is 0.0289. The summed E-state index contributed by atoms with van der Waals surface area (Å²) < 4.78 is 0. The predicted octanol–water partition coefficient (Wildman–Crippen LogP) is 2.01. The molecule has 1 saturated heterocycles. The van der Waals surface area contributed by atoms with Gasteiger partial charge in [0.05, 0.1) is 0 Å². The summed E-state index contributed by atoms with van der Waals surface area (Å²) >= 11 is 0. The van der Waals surface area contributed by atoms with Crippen molar-refractivity contribution in [1.82, 2.24) is 4.90 Å². The van der Waals surface area contributed by atoms with E-state index in [0.29, 0.717) is 17.8 Å². The molecule has 0 aromatic rings. The van der Waals surface area contributed by atoms with Crippen molar-refractivity contribution in [3.63, 3.8) is 0 Å². The Kier molecular flexibility index (Phi) is 4.36. The first kappa shape index (κ1) is 13.5. The zero-order chi connectivity index (χ0) is 12.3. The molecular weight excluding hydrogens is 200 g/mol. The lowest BCUT2D eigenvalue weighted by atomic mass is 9.80. The van der Waals surface area contributed by atoms with Crippen molar-refractivity contribution in [2.75, 3.05) is 13.1 Å². The van der Waals surface area contributed by atoms with Crippen molar-refractivity contribution in [2.45, 2.75) is 53.0 Å². The first-order valence-corrected chi connectivity index (χ1v) is 6.38. The molecule has 1 aliphatic rings. The van der Waals surface area contributed by atoms with Gasteiger partial charge in [-0.3, -0.25) is 4.79 Å². The van der Waals surface area contributed by atoms with Gasteiger partial charge in [0.2, 0.25) is 5.91 Å². The SMILES string of the molecule is CCC(N)CC(=O)N1CCC(C(C)(C)C)C1. The summed E-state index contributed by atoms with van der Waals surface area (Å²) in [7, 11) is 0. The summed E-state index contributed by atoms with van der Waals surface area (Å²) in [6.45, 7) is 10.6. The lowest BCUT2D eigenvalue weighted by Gasteiger charge is -2.27. The lowest BCUT2D eigenvalue weighted by molar-refractivity contribution is -0.130. The zero-order valence-corrected chi connectivity index (χ0v) is 11.1. The van der Waals surface area contributed by atoms with Crippen LogP contribution in [0.4, 0.5) is 0 Å². The number of nitrogens with zero attached hydrogens (tertiary/aromatic N) is 1. The molecule has 16 heavy (non-hydrogen) atoms. The van der Waals surface area contributed by atoms with E-state index < -0.39 is 0 Å². The highest BCUT2D eigenvalue weighted by atomic mass is 16.2. The third-order valence-electron chi connectivity index (χ3n) is 3.73. The van der Waals surface area contributed by atoms with E-state index in [1.807, 2.05) is 11.8 Å². The van der Waals surface area contributed by atoms with Crippen molar-refractivity contribution < 1.29 is 4.79 Å². The van der Waals surface area contributed by atoms with Gasteiger partial charge in [0.1, 0.15) is 0 Å². The number of amides is 1.